The summed E-state index contributed by atoms with van der Waals surface area (Å²) in [7, 11) is 0. The van der Waals surface area contributed by atoms with Crippen molar-refractivity contribution in [2.24, 2.45) is 5.92 Å². The highest BCUT2D eigenvalue weighted by molar-refractivity contribution is 6.33. The second-order valence-corrected chi connectivity index (χ2v) is 28.0. The molecule has 8 aromatic rings. The van der Waals surface area contributed by atoms with Crippen molar-refractivity contribution in [2.45, 2.75) is 84.6 Å². The predicted molar refractivity (Wildman–Crippen MR) is 443 cm³/mol. The van der Waals surface area contributed by atoms with Crippen LogP contribution in [0.15, 0.2) is 158 Å². The molecule has 1 atom stereocenters. The topological polar surface area (TPSA) is 410 Å². The summed E-state index contributed by atoms with van der Waals surface area (Å²) in [6.45, 7) is 13.5. The van der Waals surface area contributed by atoms with Gasteiger partial charge in [0, 0.05) is 119 Å². The average Bonchev–Trinajstić information content (AvgIpc) is 0.773. The number of nitrogens with one attached hydrogen (secondary N) is 7. The fraction of sp³-hybridized carbons (Fsp3) is 0.337. The van der Waals surface area contributed by atoms with Gasteiger partial charge in [-0.3, -0.25) is 4.79 Å². The standard InChI is InChI=1S/C24H24F3N5O5.C21H23N5O3.C20H23ClN4O3.C18H19ClN4O3/c1-2-37-22(35)18-12-15(13-28)21(30-20(18)24(25,26)27)31-10-11-32(17(14-31)8-9-19(33)34)23(36)29-16-6-4-3-5-7-16;1-3-29-20(27)18-9-16(10-22)19(24-14(18)2)26-12-15(13-26)11-23-21(28)25-17-7-5-4-6-8-17;1-2-28-19(26)14-12-17(21)18(22-13-14)25-10-8-16(9-11-25)24-20(27)23-15-6-4-3-5-7-15;1-2-26-17(24)12-8-15(19)16(20-9-12)23-10-14(11-23)22-18(25)21-13-6-4-3-5-7-13/h3-7,12,17H,2,8-11,14H2,1H3,(H,29,36)(H,33,34);4-9,15H,3,11-13H2,1-2H3,(H2,23,25,28);3-7,12-13,16H,2,8-11H2,1H3,(H2,23,24,27);3-9,14H,2,10-11H2,1H3,(H2,21,22,25). The first-order chi connectivity index (χ1) is 57.7. The number of carbonyl (C=O) groups excluding carboxylic acids is 8. The molecule has 0 saturated carbocycles. The number of aliphatic carboxylic acids is 1. The first-order valence-corrected chi connectivity index (χ1v) is 39.1. The number of carboxylic acid groups (broad SMARTS) is 1. The maximum absolute atomic E-state index is 13.8. The van der Waals surface area contributed by atoms with Crippen LogP contribution >= 0.6 is 23.2 Å². The molecule has 4 aromatic carbocycles. The molecule has 4 saturated heterocycles. The monoisotopic (exact) mass is 1690 g/mol. The number of piperidine rings is 1. The number of nitrogens with zero attached hydrogens (tertiary/aromatic N) is 11. The molecular weight excluding hydrogens is 1600 g/mol. The molecule has 37 heteroatoms. The van der Waals surface area contributed by atoms with E-state index in [0.29, 0.717) is 120 Å². The van der Waals surface area contributed by atoms with Crippen molar-refractivity contribution in [1.29, 1.82) is 10.5 Å². The third-order valence-electron chi connectivity index (χ3n) is 18.7. The number of aromatic nitrogens is 4. The fourth-order valence-corrected chi connectivity index (χ4v) is 13.4. The smallest absolute Gasteiger partial charge is 0.434 e. The predicted octanol–water partition coefficient (Wildman–Crippen LogP) is 13.1. The first kappa shape index (κ1) is 90.4. The number of esters is 4. The number of halogens is 5. The second kappa shape index (κ2) is 44.1. The summed E-state index contributed by atoms with van der Waals surface area (Å²) in [5.74, 6) is -1.99. The summed E-state index contributed by atoms with van der Waals surface area (Å²) in [5.41, 5.74) is 1.93. The summed E-state index contributed by atoms with van der Waals surface area (Å²) in [5, 5.41) is 48.9. The van der Waals surface area contributed by atoms with Gasteiger partial charge in [-0.1, -0.05) is 96.0 Å². The molecule has 0 spiro atoms. The third kappa shape index (κ3) is 26.0. The molecule has 4 aliphatic rings. The lowest BCUT2D eigenvalue weighted by molar-refractivity contribution is -0.141. The van der Waals surface area contributed by atoms with Crippen molar-refractivity contribution in [3.8, 4) is 12.1 Å². The minimum atomic E-state index is -5.01. The number of carbonyl (C=O) groups is 9. The van der Waals surface area contributed by atoms with Crippen molar-refractivity contribution < 1.29 is 80.4 Å². The number of anilines is 8. The van der Waals surface area contributed by atoms with Crippen LogP contribution in [-0.2, 0) is 29.9 Å². The quantitative estimate of drug-likeness (QED) is 0.0218. The van der Waals surface area contributed by atoms with E-state index in [0.717, 1.165) is 36.0 Å². The molecule has 630 valence electrons. The van der Waals surface area contributed by atoms with Gasteiger partial charge in [0.15, 0.2) is 5.69 Å². The van der Waals surface area contributed by atoms with Crippen LogP contribution in [-0.4, -0.2) is 194 Å². The lowest BCUT2D eigenvalue weighted by Gasteiger charge is -2.42. The van der Waals surface area contributed by atoms with E-state index in [1.165, 1.54) is 35.2 Å². The Kier molecular flexibility index (Phi) is 33.2. The number of alkyl halides is 3. The molecule has 32 nitrogen and oxygen atoms in total. The third-order valence-corrected chi connectivity index (χ3v) is 19.2. The SMILES string of the molecule is CCOC(=O)c1cc(C#N)c(N2CC(CNC(=O)Nc3ccccc3)C2)nc1C.CCOC(=O)c1cc(C#N)c(N2CCN(C(=O)Nc3ccccc3)C(CCC(=O)O)C2)nc1C(F)(F)F.CCOC(=O)c1cnc(N2CC(NC(=O)Nc3ccccc3)C2)c(Cl)c1.CCOC(=O)c1cnc(N2CCC(NC(=O)Nc3ccccc3)CC2)c(Cl)c1. The molecule has 8 N–H and O–H groups in total. The van der Waals surface area contributed by atoms with Gasteiger partial charge >= 0.3 is 60.1 Å². The van der Waals surface area contributed by atoms with Gasteiger partial charge in [-0.05, 0) is 127 Å². The largest absolute Gasteiger partial charge is 0.481 e. The molecule has 12 rings (SSSR count). The Morgan fingerprint density at radius 3 is 1.39 bits per heavy atom. The van der Waals surface area contributed by atoms with E-state index < -0.39 is 59.4 Å². The molecule has 8 amide bonds. The summed E-state index contributed by atoms with van der Waals surface area (Å²) >= 11 is 12.6. The highest BCUT2D eigenvalue weighted by atomic mass is 35.5. The van der Waals surface area contributed by atoms with E-state index in [-0.39, 0.29) is 93.2 Å². The highest BCUT2D eigenvalue weighted by Gasteiger charge is 2.42. The number of nitriles is 2. The lowest BCUT2D eigenvalue weighted by Crippen LogP contribution is -2.60. The Morgan fingerprint density at radius 2 is 0.933 bits per heavy atom. The number of urea groups is 4. The summed E-state index contributed by atoms with van der Waals surface area (Å²) in [6, 6.07) is 43.9. The molecule has 1 unspecified atom stereocenters. The number of hydrogen-bond acceptors (Lipinski definition) is 23. The Bertz CT molecular complexity index is 4980. The number of hydrogen-bond donors (Lipinski definition) is 8. The Hall–Kier alpha value is -13.5. The molecule has 4 aromatic heterocycles. The van der Waals surface area contributed by atoms with Crippen molar-refractivity contribution in [3.63, 3.8) is 0 Å². The zero-order valence-corrected chi connectivity index (χ0v) is 67.6. The van der Waals surface area contributed by atoms with Crippen LogP contribution in [0.1, 0.15) is 117 Å². The molecule has 4 aliphatic heterocycles. The summed E-state index contributed by atoms with van der Waals surface area (Å²) in [6.07, 6.45) is -0.797. The summed E-state index contributed by atoms with van der Waals surface area (Å²) < 4.78 is 61.0. The van der Waals surface area contributed by atoms with Crippen LogP contribution < -0.4 is 56.8 Å². The van der Waals surface area contributed by atoms with E-state index >= 15 is 0 Å². The number of para-hydroxylation sites is 4. The minimum Gasteiger partial charge on any atom is -0.481 e. The minimum absolute atomic E-state index is 0.00121. The number of pyridine rings is 4. The normalized spacial score (nSPS) is 14.3. The lowest BCUT2D eigenvalue weighted by atomic mass is 9.99. The van der Waals surface area contributed by atoms with Gasteiger partial charge in [0.1, 0.15) is 35.4 Å². The van der Waals surface area contributed by atoms with Gasteiger partial charge < -0.3 is 85.8 Å². The fourth-order valence-electron chi connectivity index (χ4n) is 12.8. The van der Waals surface area contributed by atoms with E-state index in [1.54, 1.807) is 76.2 Å². The van der Waals surface area contributed by atoms with Gasteiger partial charge in [-0.2, -0.15) is 23.7 Å². The van der Waals surface area contributed by atoms with Gasteiger partial charge in [0.05, 0.1) is 87.6 Å². The molecule has 0 radical (unpaired) electrons. The van der Waals surface area contributed by atoms with Gasteiger partial charge in [0.25, 0.3) is 0 Å². The number of amides is 8. The Morgan fingerprint density at radius 1 is 0.508 bits per heavy atom. The van der Waals surface area contributed by atoms with Gasteiger partial charge in [-0.15, -0.1) is 0 Å². The highest BCUT2D eigenvalue weighted by Crippen LogP contribution is 2.37. The zero-order valence-electron chi connectivity index (χ0n) is 66.1. The van der Waals surface area contributed by atoms with E-state index in [2.05, 4.69) is 68.1 Å². The average molecular weight is 1690 g/mol. The molecular formula is C83H89Cl2F3N18O14. The molecule has 4 fully saturated rings. The molecule has 0 aliphatic carbocycles. The summed E-state index contributed by atoms with van der Waals surface area (Å²) in [4.78, 5) is 133. The molecule has 0 bridgehead atoms. The Balaban J connectivity index is 0.000000184. The number of piperazine rings is 1. The van der Waals surface area contributed by atoms with Gasteiger partial charge in [0.2, 0.25) is 0 Å². The first-order valence-electron chi connectivity index (χ1n) is 38.3. The van der Waals surface area contributed by atoms with Gasteiger partial charge in [-0.25, -0.2) is 58.3 Å². The number of benzene rings is 4. The maximum atomic E-state index is 13.8. The second-order valence-electron chi connectivity index (χ2n) is 27.2. The van der Waals surface area contributed by atoms with E-state index in [9.17, 15) is 66.8 Å². The van der Waals surface area contributed by atoms with Crippen LogP contribution in [0.4, 0.5) is 78.4 Å². The van der Waals surface area contributed by atoms with Crippen LogP contribution in [0.5, 0.6) is 0 Å². The van der Waals surface area contributed by atoms with Crippen molar-refractivity contribution in [3.05, 3.63) is 213 Å². The van der Waals surface area contributed by atoms with E-state index in [1.807, 2.05) is 101 Å². The van der Waals surface area contributed by atoms with Crippen LogP contribution in [0.2, 0.25) is 10.0 Å². The zero-order chi connectivity index (χ0) is 86.4. The number of aryl methyl sites for hydroxylation is 1. The number of rotatable bonds is 23. The number of carboxylic acids is 1. The Labute approximate surface area is 699 Å². The number of ether oxygens (including phenoxy) is 4. The molecule has 120 heavy (non-hydrogen) atoms. The van der Waals surface area contributed by atoms with Crippen molar-refractivity contribution in [2.75, 3.05) is 133 Å². The van der Waals surface area contributed by atoms with E-state index in [4.69, 9.17) is 47.3 Å². The molecule has 8 heterocycles. The van der Waals surface area contributed by atoms with Crippen molar-refractivity contribution >= 4 is 123 Å². The maximum Gasteiger partial charge on any atom is 0.434 e. The van der Waals surface area contributed by atoms with Crippen LogP contribution in [0.25, 0.3) is 0 Å². The van der Waals surface area contributed by atoms with Crippen LogP contribution in [0, 0.1) is 35.5 Å². The van der Waals surface area contributed by atoms with Crippen LogP contribution in [0.3, 0.4) is 0 Å². The van der Waals surface area contributed by atoms with Crippen molar-refractivity contribution in [1.82, 2.24) is 40.8 Å².